The average molecular weight is 345 g/mol. The summed E-state index contributed by atoms with van der Waals surface area (Å²) >= 11 is 3.28. The van der Waals surface area contributed by atoms with E-state index in [-0.39, 0.29) is 11.9 Å². The van der Waals surface area contributed by atoms with Gasteiger partial charge in [0.05, 0.1) is 16.2 Å². The molecular formula is C17H14BrFN2. The van der Waals surface area contributed by atoms with Crippen molar-refractivity contribution in [3.05, 3.63) is 76.3 Å². The Morgan fingerprint density at radius 1 is 1.10 bits per heavy atom. The Kier molecular flexibility index (Phi) is 3.99. The van der Waals surface area contributed by atoms with Crippen LogP contribution in [0.3, 0.4) is 0 Å². The summed E-state index contributed by atoms with van der Waals surface area (Å²) < 4.78 is 14.1. The van der Waals surface area contributed by atoms with Crippen molar-refractivity contribution in [3.8, 4) is 0 Å². The van der Waals surface area contributed by atoms with Gasteiger partial charge < -0.3 is 5.73 Å². The van der Waals surface area contributed by atoms with Crippen LogP contribution in [0.15, 0.2) is 59.2 Å². The first-order chi connectivity index (χ1) is 10.2. The van der Waals surface area contributed by atoms with Crippen molar-refractivity contribution in [2.24, 2.45) is 5.73 Å². The molecule has 1 aromatic heterocycles. The molecule has 0 bridgehead atoms. The van der Waals surface area contributed by atoms with Crippen LogP contribution in [0.5, 0.6) is 0 Å². The lowest BCUT2D eigenvalue weighted by Gasteiger charge is -2.15. The van der Waals surface area contributed by atoms with Gasteiger partial charge >= 0.3 is 0 Å². The van der Waals surface area contributed by atoms with Gasteiger partial charge in [0.2, 0.25) is 0 Å². The molecule has 4 heteroatoms. The Bertz CT molecular complexity index is 783. The van der Waals surface area contributed by atoms with Crippen LogP contribution >= 0.6 is 15.9 Å². The second kappa shape index (κ2) is 5.92. The van der Waals surface area contributed by atoms with Gasteiger partial charge in [-0.15, -0.1) is 0 Å². The topological polar surface area (TPSA) is 38.9 Å². The summed E-state index contributed by atoms with van der Waals surface area (Å²) in [6.07, 6.45) is 2.29. The summed E-state index contributed by atoms with van der Waals surface area (Å²) in [7, 11) is 0. The molecule has 0 saturated heterocycles. The zero-order valence-corrected chi connectivity index (χ0v) is 12.8. The van der Waals surface area contributed by atoms with Gasteiger partial charge in [0.25, 0.3) is 0 Å². The summed E-state index contributed by atoms with van der Waals surface area (Å²) in [5, 5.41) is 2.15. The van der Waals surface area contributed by atoms with Crippen molar-refractivity contribution in [2.45, 2.75) is 12.5 Å². The van der Waals surface area contributed by atoms with Crippen molar-refractivity contribution in [1.29, 1.82) is 0 Å². The van der Waals surface area contributed by atoms with E-state index in [1.165, 1.54) is 6.07 Å². The predicted octanol–water partition coefficient (Wildman–Crippen LogP) is 4.38. The molecule has 0 aliphatic carbocycles. The van der Waals surface area contributed by atoms with Crippen molar-refractivity contribution < 1.29 is 4.39 Å². The van der Waals surface area contributed by atoms with E-state index >= 15 is 0 Å². The number of nitrogens with zero attached hydrogens (tertiary/aromatic N) is 1. The molecule has 3 rings (SSSR count). The van der Waals surface area contributed by atoms with Crippen LogP contribution < -0.4 is 5.73 Å². The zero-order valence-electron chi connectivity index (χ0n) is 11.3. The fourth-order valence-electron chi connectivity index (χ4n) is 2.48. The smallest absolute Gasteiger partial charge is 0.137 e. The highest BCUT2D eigenvalue weighted by atomic mass is 79.9. The van der Waals surface area contributed by atoms with Crippen LogP contribution in [0.4, 0.5) is 4.39 Å². The number of nitrogens with two attached hydrogens (primary N) is 1. The van der Waals surface area contributed by atoms with E-state index in [2.05, 4.69) is 20.9 Å². The van der Waals surface area contributed by atoms with Gasteiger partial charge in [0, 0.05) is 11.6 Å². The lowest BCUT2D eigenvalue weighted by atomic mass is 9.99. The Morgan fingerprint density at radius 2 is 1.90 bits per heavy atom. The molecule has 3 aromatic rings. The van der Waals surface area contributed by atoms with Crippen molar-refractivity contribution >= 4 is 26.7 Å². The average Bonchev–Trinajstić information content (AvgIpc) is 2.51. The van der Waals surface area contributed by atoms with Crippen LogP contribution in [0.25, 0.3) is 10.8 Å². The van der Waals surface area contributed by atoms with E-state index in [0.717, 1.165) is 22.0 Å². The molecule has 0 amide bonds. The van der Waals surface area contributed by atoms with Gasteiger partial charge in [-0.1, -0.05) is 36.4 Å². The first-order valence-corrected chi connectivity index (χ1v) is 7.48. The summed E-state index contributed by atoms with van der Waals surface area (Å²) in [6.45, 7) is 0. The largest absolute Gasteiger partial charge is 0.322 e. The van der Waals surface area contributed by atoms with Crippen molar-refractivity contribution in [2.75, 3.05) is 0 Å². The number of benzene rings is 2. The predicted molar refractivity (Wildman–Crippen MR) is 86.5 cm³/mol. The fourth-order valence-corrected chi connectivity index (χ4v) is 2.90. The molecule has 0 fully saturated rings. The Labute approximate surface area is 130 Å². The van der Waals surface area contributed by atoms with Gasteiger partial charge in [0.1, 0.15) is 5.82 Å². The molecule has 0 aliphatic heterocycles. The number of hydrogen-bond donors (Lipinski definition) is 1. The number of pyridine rings is 1. The Morgan fingerprint density at radius 3 is 2.76 bits per heavy atom. The Hall–Kier alpha value is -1.78. The highest BCUT2D eigenvalue weighted by molar-refractivity contribution is 9.10. The van der Waals surface area contributed by atoms with E-state index in [0.29, 0.717) is 10.9 Å². The van der Waals surface area contributed by atoms with Gasteiger partial charge in [-0.3, -0.25) is 4.98 Å². The van der Waals surface area contributed by atoms with E-state index in [1.54, 1.807) is 12.3 Å². The monoisotopic (exact) mass is 344 g/mol. The summed E-state index contributed by atoms with van der Waals surface area (Å²) in [5.41, 5.74) is 7.99. The first-order valence-electron chi connectivity index (χ1n) is 6.69. The van der Waals surface area contributed by atoms with E-state index in [1.807, 2.05) is 36.4 Å². The number of fused-ring (bicyclic) bond motifs is 1. The molecule has 106 valence electrons. The highest BCUT2D eigenvalue weighted by Gasteiger charge is 2.14. The summed E-state index contributed by atoms with van der Waals surface area (Å²) in [6, 6.07) is 14.7. The minimum Gasteiger partial charge on any atom is -0.322 e. The highest BCUT2D eigenvalue weighted by Crippen LogP contribution is 2.27. The molecule has 2 N–H and O–H groups in total. The summed E-state index contributed by atoms with van der Waals surface area (Å²) in [4.78, 5) is 4.42. The third-order valence-corrected chi connectivity index (χ3v) is 4.42. The van der Waals surface area contributed by atoms with Crippen molar-refractivity contribution in [1.82, 2.24) is 4.98 Å². The summed E-state index contributed by atoms with van der Waals surface area (Å²) in [5.74, 6) is -0.273. The quantitative estimate of drug-likeness (QED) is 0.765. The Balaban J connectivity index is 1.97. The van der Waals surface area contributed by atoms with Gasteiger partial charge in [0.15, 0.2) is 0 Å². The molecular weight excluding hydrogens is 331 g/mol. The van der Waals surface area contributed by atoms with Crippen LogP contribution in [0.2, 0.25) is 0 Å². The number of aromatic nitrogens is 1. The molecule has 2 aromatic carbocycles. The van der Waals surface area contributed by atoms with Gasteiger partial charge in [-0.2, -0.15) is 0 Å². The molecule has 0 spiro atoms. The molecule has 2 nitrogen and oxygen atoms in total. The lowest BCUT2D eigenvalue weighted by Crippen LogP contribution is -2.15. The number of hydrogen-bond acceptors (Lipinski definition) is 2. The van der Waals surface area contributed by atoms with E-state index in [9.17, 15) is 4.39 Å². The molecule has 1 unspecified atom stereocenters. The normalized spacial score (nSPS) is 12.5. The molecule has 0 aliphatic rings. The second-order valence-corrected chi connectivity index (χ2v) is 5.73. The first kappa shape index (κ1) is 14.2. The number of rotatable bonds is 3. The SMILES string of the molecule is NC(Cc1cccc(F)c1Br)c1nccc2ccccc12. The maximum absolute atomic E-state index is 13.6. The third-order valence-electron chi connectivity index (χ3n) is 3.53. The maximum Gasteiger partial charge on any atom is 0.137 e. The number of halogens is 2. The van der Waals surface area contributed by atoms with E-state index < -0.39 is 0 Å². The van der Waals surface area contributed by atoms with Gasteiger partial charge in [-0.25, -0.2) is 4.39 Å². The van der Waals surface area contributed by atoms with Crippen LogP contribution in [-0.4, -0.2) is 4.98 Å². The second-order valence-electron chi connectivity index (χ2n) is 4.94. The molecule has 21 heavy (non-hydrogen) atoms. The lowest BCUT2D eigenvalue weighted by molar-refractivity contribution is 0.613. The van der Waals surface area contributed by atoms with Crippen molar-refractivity contribution in [3.63, 3.8) is 0 Å². The minimum absolute atomic E-state index is 0.273. The van der Waals surface area contributed by atoms with Crippen LogP contribution in [0.1, 0.15) is 17.3 Å². The third kappa shape index (κ3) is 2.82. The van der Waals surface area contributed by atoms with Gasteiger partial charge in [-0.05, 0) is 45.4 Å². The molecule has 1 atom stereocenters. The molecule has 0 saturated carbocycles. The zero-order chi connectivity index (χ0) is 14.8. The van der Waals surface area contributed by atoms with Crippen LogP contribution in [-0.2, 0) is 6.42 Å². The standard InChI is InChI=1S/C17H14BrFN2/c18-16-12(5-3-7-14(16)19)10-15(20)17-13-6-2-1-4-11(13)8-9-21-17/h1-9,15H,10,20H2. The molecule has 0 radical (unpaired) electrons. The maximum atomic E-state index is 13.6. The molecule has 1 heterocycles. The minimum atomic E-state index is -0.283. The fraction of sp³-hybridized carbons (Fsp3) is 0.118. The van der Waals surface area contributed by atoms with Crippen LogP contribution in [0, 0.1) is 5.82 Å². The van der Waals surface area contributed by atoms with E-state index in [4.69, 9.17) is 5.73 Å².